The Kier molecular flexibility index (Phi) is 3.51. The largest absolute Gasteiger partial charge is 0.294 e. The predicted octanol–water partition coefficient (Wildman–Crippen LogP) is 2.91. The van der Waals surface area contributed by atoms with Gasteiger partial charge in [-0.2, -0.15) is 0 Å². The quantitative estimate of drug-likeness (QED) is 0.700. The molecule has 0 fully saturated rings. The molecule has 0 aromatic heterocycles. The lowest BCUT2D eigenvalue weighted by Crippen LogP contribution is -1.90. The first-order valence-corrected chi connectivity index (χ1v) is 6.89. The summed E-state index contributed by atoms with van der Waals surface area (Å²) in [7, 11) is 0. The maximum atomic E-state index is 11.1. The van der Waals surface area contributed by atoms with Crippen LogP contribution in [0.5, 0.6) is 0 Å². The lowest BCUT2D eigenvalue weighted by Gasteiger charge is -1.90. The Morgan fingerprint density at radius 3 is 0.909 bits per heavy atom. The van der Waals surface area contributed by atoms with E-state index in [0.29, 0.717) is 22.3 Å². The number of hydrogen-bond acceptors (Lipinski definition) is 4. The fourth-order valence-electron chi connectivity index (χ4n) is 2.61. The summed E-state index contributed by atoms with van der Waals surface area (Å²) in [5.74, 6) is -0.201. The molecule has 0 spiro atoms. The lowest BCUT2D eigenvalue weighted by atomic mass is 10.1. The third-order valence-electron chi connectivity index (χ3n) is 3.70. The van der Waals surface area contributed by atoms with Gasteiger partial charge < -0.3 is 0 Å². The highest BCUT2D eigenvalue weighted by Gasteiger charge is 2.26. The van der Waals surface area contributed by atoms with Crippen LogP contribution in [-0.2, 0) is 0 Å². The van der Waals surface area contributed by atoms with Gasteiger partial charge in [0, 0.05) is 22.3 Å². The molecule has 4 rings (SSSR count). The number of carbonyl (C=O) groups excluding carboxylic acids is 4. The molecule has 22 heavy (non-hydrogen) atoms. The predicted molar refractivity (Wildman–Crippen MR) is 79.4 cm³/mol. The van der Waals surface area contributed by atoms with Crippen molar-refractivity contribution in [2.75, 3.05) is 0 Å². The second kappa shape index (κ2) is 5.48. The van der Waals surface area contributed by atoms with Gasteiger partial charge in [0.15, 0.2) is 23.1 Å². The topological polar surface area (TPSA) is 68.3 Å². The van der Waals surface area contributed by atoms with Crippen LogP contribution in [0.1, 0.15) is 54.3 Å². The molecule has 108 valence electrons. The molecule has 0 unspecified atom stereocenters. The number of fused-ring (bicyclic) bond motifs is 2. The van der Waals surface area contributed by atoms with Crippen molar-refractivity contribution in [1.29, 1.82) is 0 Å². The van der Waals surface area contributed by atoms with E-state index in [9.17, 15) is 19.2 Å². The van der Waals surface area contributed by atoms with Crippen molar-refractivity contribution < 1.29 is 19.2 Å². The maximum absolute atomic E-state index is 11.1. The second-order valence-corrected chi connectivity index (χ2v) is 5.14. The minimum absolute atomic E-state index is 0.0504. The Bertz CT molecular complexity index is 682. The zero-order valence-electron chi connectivity index (χ0n) is 11.7. The van der Waals surface area contributed by atoms with Crippen LogP contribution in [0.3, 0.4) is 0 Å². The lowest BCUT2D eigenvalue weighted by molar-refractivity contribution is 0.0906. The highest BCUT2D eigenvalue weighted by atomic mass is 16.2. The molecule has 0 saturated heterocycles. The van der Waals surface area contributed by atoms with Crippen LogP contribution in [0, 0.1) is 0 Å². The van der Waals surface area contributed by atoms with Crippen molar-refractivity contribution in [1.82, 2.24) is 0 Å². The molecule has 0 radical (unpaired) electrons. The van der Waals surface area contributed by atoms with Gasteiger partial charge >= 0.3 is 0 Å². The first kappa shape index (κ1) is 14.1. The van der Waals surface area contributed by atoms with Gasteiger partial charge in [0.25, 0.3) is 0 Å². The number of hydrogen-bond donors (Lipinski definition) is 0. The average Bonchev–Trinajstić information content (AvgIpc) is 2.99. The maximum Gasteiger partial charge on any atom is 0.171 e. The Balaban J connectivity index is 0.000000131. The third kappa shape index (κ3) is 2.39. The van der Waals surface area contributed by atoms with E-state index in [1.807, 2.05) is 0 Å². The molecule has 0 bridgehead atoms. The van der Waals surface area contributed by atoms with Crippen LogP contribution in [0.4, 0.5) is 0 Å². The fraction of sp³-hybridized carbons (Fsp3) is 0.111. The number of ketones is 4. The highest BCUT2D eigenvalue weighted by Crippen LogP contribution is 2.21. The second-order valence-electron chi connectivity index (χ2n) is 5.14. The van der Waals surface area contributed by atoms with Crippen LogP contribution < -0.4 is 0 Å². The third-order valence-corrected chi connectivity index (χ3v) is 3.70. The molecule has 2 aliphatic rings. The van der Waals surface area contributed by atoms with Gasteiger partial charge in [-0.25, -0.2) is 0 Å². The van der Waals surface area contributed by atoms with Gasteiger partial charge in [0.1, 0.15) is 0 Å². The summed E-state index contributed by atoms with van der Waals surface area (Å²) in [6.07, 6.45) is 0.110. The van der Waals surface area contributed by atoms with Crippen LogP contribution in [-0.4, -0.2) is 23.1 Å². The van der Waals surface area contributed by atoms with E-state index in [0.717, 1.165) is 0 Å². The Morgan fingerprint density at radius 1 is 0.455 bits per heavy atom. The molecule has 0 amide bonds. The zero-order valence-corrected chi connectivity index (χ0v) is 11.7. The van der Waals surface area contributed by atoms with Crippen molar-refractivity contribution in [2.45, 2.75) is 12.8 Å². The summed E-state index contributed by atoms with van der Waals surface area (Å²) in [4.78, 5) is 44.2. The first-order chi connectivity index (χ1) is 10.6. The molecular formula is C18H12O4. The summed E-state index contributed by atoms with van der Waals surface area (Å²) in [5, 5.41) is 0. The van der Waals surface area contributed by atoms with E-state index in [-0.39, 0.29) is 36.0 Å². The summed E-state index contributed by atoms with van der Waals surface area (Å²) in [6, 6.07) is 13.9. The molecule has 2 aliphatic carbocycles. The SMILES string of the molecule is O=C1CC(=O)c2ccccc21.O=C1CC(=O)c2ccccc21. The number of carbonyl (C=O) groups is 4. The summed E-state index contributed by atoms with van der Waals surface area (Å²) < 4.78 is 0. The molecule has 0 aliphatic heterocycles. The molecule has 4 nitrogen and oxygen atoms in total. The van der Waals surface area contributed by atoms with Crippen molar-refractivity contribution in [3.8, 4) is 0 Å². The van der Waals surface area contributed by atoms with Gasteiger partial charge in [-0.3, -0.25) is 19.2 Å². The van der Waals surface area contributed by atoms with Crippen molar-refractivity contribution in [3.05, 3.63) is 70.8 Å². The minimum Gasteiger partial charge on any atom is -0.294 e. The summed E-state index contributed by atoms with van der Waals surface area (Å²) in [6.45, 7) is 0. The van der Waals surface area contributed by atoms with Crippen molar-refractivity contribution >= 4 is 23.1 Å². The molecule has 2 aromatic carbocycles. The molecule has 0 heterocycles. The average molecular weight is 292 g/mol. The van der Waals surface area contributed by atoms with Gasteiger partial charge in [-0.05, 0) is 0 Å². The Labute approximate surface area is 126 Å². The van der Waals surface area contributed by atoms with Gasteiger partial charge in [-0.1, -0.05) is 48.5 Å². The number of benzene rings is 2. The Morgan fingerprint density at radius 2 is 0.682 bits per heavy atom. The first-order valence-electron chi connectivity index (χ1n) is 6.89. The summed E-state index contributed by atoms with van der Waals surface area (Å²) >= 11 is 0. The normalized spacial score (nSPS) is 15.3. The van der Waals surface area contributed by atoms with Crippen molar-refractivity contribution in [3.63, 3.8) is 0 Å². The van der Waals surface area contributed by atoms with E-state index in [1.165, 1.54) is 0 Å². The van der Waals surface area contributed by atoms with Gasteiger partial charge in [0.05, 0.1) is 12.8 Å². The molecular weight excluding hydrogens is 280 g/mol. The monoisotopic (exact) mass is 292 g/mol. The molecule has 4 heteroatoms. The highest BCUT2D eigenvalue weighted by molar-refractivity contribution is 6.24. The van der Waals surface area contributed by atoms with E-state index < -0.39 is 0 Å². The zero-order chi connectivity index (χ0) is 15.7. The van der Waals surface area contributed by atoms with E-state index >= 15 is 0 Å². The van der Waals surface area contributed by atoms with Crippen LogP contribution in [0.25, 0.3) is 0 Å². The van der Waals surface area contributed by atoms with Gasteiger partial charge in [-0.15, -0.1) is 0 Å². The number of rotatable bonds is 0. The van der Waals surface area contributed by atoms with E-state index in [2.05, 4.69) is 0 Å². The van der Waals surface area contributed by atoms with Crippen molar-refractivity contribution in [2.24, 2.45) is 0 Å². The summed E-state index contributed by atoms with van der Waals surface area (Å²) in [5.41, 5.74) is 2.32. The van der Waals surface area contributed by atoms with E-state index in [4.69, 9.17) is 0 Å². The van der Waals surface area contributed by atoms with Crippen LogP contribution >= 0.6 is 0 Å². The number of Topliss-reactive ketones (excluding diaryl/α,β-unsaturated/α-hetero) is 4. The molecule has 0 atom stereocenters. The van der Waals surface area contributed by atoms with E-state index in [1.54, 1.807) is 48.5 Å². The molecule has 0 saturated carbocycles. The molecule has 2 aromatic rings. The minimum atomic E-state index is -0.0504. The van der Waals surface area contributed by atoms with Crippen LogP contribution in [0.15, 0.2) is 48.5 Å². The standard InChI is InChI=1S/2C9H6O2/c2*10-8-5-9(11)7-4-2-1-3-6(7)8/h2*1-4H,5H2. The molecule has 0 N–H and O–H groups in total. The fourth-order valence-corrected chi connectivity index (χ4v) is 2.61. The Hall–Kier alpha value is -2.88. The van der Waals surface area contributed by atoms with Gasteiger partial charge in [0.2, 0.25) is 0 Å². The smallest absolute Gasteiger partial charge is 0.171 e. The van der Waals surface area contributed by atoms with Crippen LogP contribution in [0.2, 0.25) is 0 Å².